The lowest BCUT2D eigenvalue weighted by Crippen LogP contribution is -2.28. The van der Waals surface area contributed by atoms with E-state index in [1.54, 1.807) is 7.11 Å². The van der Waals surface area contributed by atoms with Crippen LogP contribution < -0.4 is 5.32 Å². The number of hydrogen-bond donors (Lipinski definition) is 2. The van der Waals surface area contributed by atoms with Crippen molar-refractivity contribution in [3.63, 3.8) is 0 Å². The smallest absolute Gasteiger partial charge is 0.241 e. The van der Waals surface area contributed by atoms with Crippen LogP contribution in [-0.2, 0) is 4.74 Å². The van der Waals surface area contributed by atoms with Crippen molar-refractivity contribution >= 4 is 27.4 Å². The van der Waals surface area contributed by atoms with Crippen LogP contribution in [0.3, 0.4) is 0 Å². The van der Waals surface area contributed by atoms with Crippen molar-refractivity contribution in [3.8, 4) is 0 Å². The van der Waals surface area contributed by atoms with Gasteiger partial charge < -0.3 is 15.2 Å². The maximum Gasteiger partial charge on any atom is 0.241 e. The minimum Gasteiger partial charge on any atom is -0.393 e. The summed E-state index contributed by atoms with van der Waals surface area (Å²) in [5.41, 5.74) is 2.19. The highest BCUT2D eigenvalue weighted by atomic mass is 79.9. The van der Waals surface area contributed by atoms with Crippen molar-refractivity contribution < 1.29 is 9.84 Å². The molecule has 130 valence electrons. The first-order chi connectivity index (χ1) is 11.6. The number of fused-ring (bicyclic) bond motifs is 1. The number of rotatable bonds is 5. The molecule has 24 heavy (non-hydrogen) atoms. The second-order valence-electron chi connectivity index (χ2n) is 7.14. The first-order valence-electron chi connectivity index (χ1n) is 8.60. The summed E-state index contributed by atoms with van der Waals surface area (Å²) >= 11 is 3.63. The van der Waals surface area contributed by atoms with Crippen LogP contribution in [0.1, 0.15) is 50.1 Å². The van der Waals surface area contributed by atoms with Crippen LogP contribution in [0.25, 0.3) is 5.52 Å². The van der Waals surface area contributed by atoms with Crippen molar-refractivity contribution in [1.29, 1.82) is 0 Å². The van der Waals surface area contributed by atoms with Gasteiger partial charge in [0.2, 0.25) is 5.95 Å². The zero-order chi connectivity index (χ0) is 16.7. The number of aromatic nitrogens is 3. The third-order valence-electron chi connectivity index (χ3n) is 5.26. The van der Waals surface area contributed by atoms with Crippen molar-refractivity contribution in [1.82, 2.24) is 14.6 Å². The monoisotopic (exact) mass is 394 g/mol. The molecule has 2 heterocycles. The van der Waals surface area contributed by atoms with Crippen molar-refractivity contribution in [2.24, 2.45) is 0 Å². The van der Waals surface area contributed by atoms with Crippen LogP contribution in [0.15, 0.2) is 16.7 Å². The Balaban J connectivity index is 1.64. The van der Waals surface area contributed by atoms with E-state index in [1.165, 1.54) is 5.69 Å². The second kappa shape index (κ2) is 6.28. The summed E-state index contributed by atoms with van der Waals surface area (Å²) in [6, 6.07) is 2.15. The standard InChI is InChI=1S/C17H23BrN4O2/c1-24-10-17(6-7-17)20-16-19-9-15-13(18)8-14(22(15)21-16)11-2-4-12(23)5-3-11/h8-9,11-12,23H,2-7,10H2,1H3,(H,20,21). The van der Waals surface area contributed by atoms with Crippen LogP contribution in [0, 0.1) is 0 Å². The molecule has 0 saturated heterocycles. The number of nitrogens with zero attached hydrogens (tertiary/aromatic N) is 3. The van der Waals surface area contributed by atoms with E-state index in [4.69, 9.17) is 9.84 Å². The molecule has 0 radical (unpaired) electrons. The number of anilines is 1. The van der Waals surface area contributed by atoms with Gasteiger partial charge in [-0.3, -0.25) is 0 Å². The quantitative estimate of drug-likeness (QED) is 0.814. The first kappa shape index (κ1) is 16.3. The highest BCUT2D eigenvalue weighted by molar-refractivity contribution is 9.10. The van der Waals surface area contributed by atoms with Gasteiger partial charge in [0, 0.05) is 23.2 Å². The molecule has 0 amide bonds. The Hall–Kier alpha value is -1.18. The van der Waals surface area contributed by atoms with Gasteiger partial charge in [-0.15, -0.1) is 5.10 Å². The van der Waals surface area contributed by atoms with E-state index >= 15 is 0 Å². The normalized spacial score (nSPS) is 25.8. The summed E-state index contributed by atoms with van der Waals surface area (Å²) < 4.78 is 8.33. The molecule has 0 aromatic carbocycles. The molecule has 2 aliphatic rings. The fourth-order valence-corrected chi connectivity index (χ4v) is 4.17. The molecule has 2 N–H and O–H groups in total. The molecule has 4 rings (SSSR count). The predicted octanol–water partition coefficient (Wildman–Crippen LogP) is 3.10. The fraction of sp³-hybridized carbons (Fsp3) is 0.647. The molecule has 2 saturated carbocycles. The summed E-state index contributed by atoms with van der Waals surface area (Å²) in [5.74, 6) is 1.08. The third-order valence-corrected chi connectivity index (χ3v) is 5.90. The number of nitrogens with one attached hydrogen (secondary N) is 1. The summed E-state index contributed by atoms with van der Waals surface area (Å²) in [6.07, 6.45) is 7.62. The number of ether oxygens (including phenoxy) is 1. The molecule has 2 aliphatic carbocycles. The van der Waals surface area contributed by atoms with Gasteiger partial charge in [-0.25, -0.2) is 9.50 Å². The van der Waals surface area contributed by atoms with Crippen molar-refractivity contribution in [2.45, 2.75) is 56.1 Å². The van der Waals surface area contributed by atoms with E-state index in [0.717, 1.165) is 48.5 Å². The highest BCUT2D eigenvalue weighted by Crippen LogP contribution is 2.39. The summed E-state index contributed by atoms with van der Waals surface area (Å²) in [6.45, 7) is 0.678. The first-order valence-corrected chi connectivity index (χ1v) is 9.39. The molecule has 2 fully saturated rings. The van der Waals surface area contributed by atoms with Crippen molar-refractivity contribution in [2.75, 3.05) is 19.0 Å². The lowest BCUT2D eigenvalue weighted by Gasteiger charge is -2.25. The minimum absolute atomic E-state index is 0.00191. The molecule has 2 aromatic rings. The fourth-order valence-electron chi connectivity index (χ4n) is 3.67. The molecule has 0 unspecified atom stereocenters. The Morgan fingerprint density at radius 3 is 2.79 bits per heavy atom. The SMILES string of the molecule is COCC1(Nc2ncc3c(Br)cc(C4CCC(O)CC4)n3n2)CC1. The second-order valence-corrected chi connectivity index (χ2v) is 7.99. The van der Waals surface area contributed by atoms with E-state index in [0.29, 0.717) is 18.5 Å². The van der Waals surface area contributed by atoms with Gasteiger partial charge in [0.25, 0.3) is 0 Å². The minimum atomic E-state index is -0.147. The van der Waals surface area contributed by atoms with Crippen LogP contribution in [0.4, 0.5) is 5.95 Å². The van der Waals surface area contributed by atoms with Gasteiger partial charge in [0.1, 0.15) is 0 Å². The third kappa shape index (κ3) is 3.05. The van der Waals surface area contributed by atoms with Crippen LogP contribution in [0.5, 0.6) is 0 Å². The number of aliphatic hydroxyl groups excluding tert-OH is 1. The Labute approximate surface area is 149 Å². The number of methoxy groups -OCH3 is 1. The number of halogens is 1. The van der Waals surface area contributed by atoms with E-state index in [1.807, 2.05) is 10.7 Å². The maximum absolute atomic E-state index is 9.76. The Kier molecular flexibility index (Phi) is 4.26. The number of aliphatic hydroxyl groups is 1. The molecule has 2 aromatic heterocycles. The Morgan fingerprint density at radius 1 is 1.38 bits per heavy atom. The average Bonchev–Trinajstić information content (AvgIpc) is 3.24. The topological polar surface area (TPSA) is 71.7 Å². The van der Waals surface area contributed by atoms with Gasteiger partial charge in [-0.05, 0) is 60.5 Å². The maximum atomic E-state index is 9.76. The van der Waals surface area contributed by atoms with Gasteiger partial charge in [-0.1, -0.05) is 0 Å². The Morgan fingerprint density at radius 2 is 2.12 bits per heavy atom. The molecular weight excluding hydrogens is 372 g/mol. The summed E-state index contributed by atoms with van der Waals surface area (Å²) in [7, 11) is 1.73. The van der Waals surface area contributed by atoms with Crippen molar-refractivity contribution in [3.05, 3.63) is 22.4 Å². The molecular formula is C17H23BrN4O2. The van der Waals surface area contributed by atoms with E-state index in [9.17, 15) is 5.11 Å². The average molecular weight is 395 g/mol. The zero-order valence-electron chi connectivity index (χ0n) is 13.8. The molecule has 0 aliphatic heterocycles. The largest absolute Gasteiger partial charge is 0.393 e. The molecule has 6 nitrogen and oxygen atoms in total. The highest BCUT2D eigenvalue weighted by Gasteiger charge is 2.43. The van der Waals surface area contributed by atoms with Gasteiger partial charge in [0.15, 0.2) is 0 Å². The van der Waals surface area contributed by atoms with Crippen LogP contribution in [0.2, 0.25) is 0 Å². The zero-order valence-corrected chi connectivity index (χ0v) is 15.4. The molecule has 0 bridgehead atoms. The van der Waals surface area contributed by atoms with Gasteiger partial charge in [-0.2, -0.15) is 0 Å². The van der Waals surface area contributed by atoms with E-state index in [2.05, 4.69) is 32.3 Å². The summed E-state index contributed by atoms with van der Waals surface area (Å²) in [4.78, 5) is 4.48. The van der Waals surface area contributed by atoms with Crippen LogP contribution in [-0.4, -0.2) is 45.1 Å². The number of hydrogen-bond acceptors (Lipinski definition) is 5. The molecule has 0 atom stereocenters. The van der Waals surface area contributed by atoms with Crippen LogP contribution >= 0.6 is 15.9 Å². The molecule has 0 spiro atoms. The van der Waals surface area contributed by atoms with Gasteiger partial charge in [0.05, 0.1) is 30.0 Å². The van der Waals surface area contributed by atoms with Gasteiger partial charge >= 0.3 is 0 Å². The lowest BCUT2D eigenvalue weighted by molar-refractivity contribution is 0.121. The summed E-state index contributed by atoms with van der Waals surface area (Å²) in [5, 5.41) is 17.9. The Bertz CT molecular complexity index is 736. The molecule has 7 heteroatoms. The van der Waals surface area contributed by atoms with E-state index < -0.39 is 0 Å². The van der Waals surface area contributed by atoms with E-state index in [-0.39, 0.29) is 11.6 Å². The predicted molar refractivity (Wildman–Crippen MR) is 95.4 cm³/mol. The lowest BCUT2D eigenvalue weighted by atomic mass is 9.85.